The fraction of sp³-hybridized carbons (Fsp3) is 0.467. The highest BCUT2D eigenvalue weighted by molar-refractivity contribution is 7.91. The smallest absolute Gasteiger partial charge is 0.238 e. The van der Waals surface area contributed by atoms with Crippen LogP contribution in [0.4, 0.5) is 0 Å². The predicted molar refractivity (Wildman–Crippen MR) is 93.8 cm³/mol. The largest absolute Gasteiger partial charge is 0.273 e. The molecule has 0 spiro atoms. The molecule has 1 fully saturated rings. The number of nitrogens with one attached hydrogen (secondary N) is 2. The fourth-order valence-corrected chi connectivity index (χ4v) is 5.03. The summed E-state index contributed by atoms with van der Waals surface area (Å²) >= 11 is 0. The van der Waals surface area contributed by atoms with E-state index in [0.29, 0.717) is 12.8 Å². The van der Waals surface area contributed by atoms with E-state index in [1.54, 1.807) is 12.1 Å². The second-order valence-corrected chi connectivity index (χ2v) is 10.0. The number of benzene rings is 1. The van der Waals surface area contributed by atoms with E-state index in [-0.39, 0.29) is 35.2 Å². The number of sulfone groups is 1. The third kappa shape index (κ3) is 6.39. The van der Waals surface area contributed by atoms with Crippen molar-refractivity contribution in [2.45, 2.75) is 30.6 Å². The van der Waals surface area contributed by atoms with Crippen LogP contribution in [0.15, 0.2) is 29.2 Å². The Morgan fingerprint density at radius 3 is 2.27 bits per heavy atom. The van der Waals surface area contributed by atoms with Crippen molar-refractivity contribution in [1.29, 1.82) is 0 Å². The molecule has 0 aliphatic carbocycles. The molecule has 0 bridgehead atoms. The van der Waals surface area contributed by atoms with E-state index in [1.807, 2.05) is 0 Å². The molecule has 1 unspecified atom stereocenters. The van der Waals surface area contributed by atoms with Gasteiger partial charge in [0.25, 0.3) is 0 Å². The molecule has 11 heteroatoms. The van der Waals surface area contributed by atoms with Gasteiger partial charge in [-0.05, 0) is 36.5 Å². The van der Waals surface area contributed by atoms with Gasteiger partial charge in [0, 0.05) is 12.8 Å². The maximum Gasteiger partial charge on any atom is 0.238 e. The first-order chi connectivity index (χ1) is 12.0. The third-order valence-corrected chi connectivity index (χ3v) is 6.80. The summed E-state index contributed by atoms with van der Waals surface area (Å²) in [6.45, 7) is 0. The number of hydrogen-bond donors (Lipinski definition) is 3. The van der Waals surface area contributed by atoms with Gasteiger partial charge < -0.3 is 0 Å². The summed E-state index contributed by atoms with van der Waals surface area (Å²) in [5, 5.41) is 5.00. The van der Waals surface area contributed by atoms with Crippen LogP contribution >= 0.6 is 0 Å². The Hall–Kier alpha value is -1.98. The van der Waals surface area contributed by atoms with E-state index in [1.165, 1.54) is 12.1 Å². The number of rotatable bonds is 6. The second kappa shape index (κ2) is 8.14. The van der Waals surface area contributed by atoms with Gasteiger partial charge in [-0.25, -0.2) is 22.0 Å². The predicted octanol–water partition coefficient (Wildman–Crippen LogP) is -0.761. The molecule has 4 N–H and O–H groups in total. The number of carbonyl (C=O) groups is 2. The minimum Gasteiger partial charge on any atom is -0.273 e. The zero-order valence-electron chi connectivity index (χ0n) is 14.0. The lowest BCUT2D eigenvalue weighted by molar-refractivity contribution is -0.129. The molecule has 2 rings (SSSR count). The molecule has 1 heterocycles. The van der Waals surface area contributed by atoms with Gasteiger partial charge in [-0.1, -0.05) is 12.1 Å². The van der Waals surface area contributed by atoms with E-state index in [4.69, 9.17) is 5.14 Å². The summed E-state index contributed by atoms with van der Waals surface area (Å²) in [4.78, 5) is 23.5. The summed E-state index contributed by atoms with van der Waals surface area (Å²) in [5.74, 6) is -0.954. The fourth-order valence-electron chi connectivity index (χ4n) is 2.65. The molecule has 1 aliphatic rings. The summed E-state index contributed by atoms with van der Waals surface area (Å²) in [6, 6.07) is 5.85. The molecule has 1 aromatic carbocycles. The summed E-state index contributed by atoms with van der Waals surface area (Å²) in [5.41, 5.74) is 5.30. The van der Waals surface area contributed by atoms with Gasteiger partial charge in [-0.3, -0.25) is 20.4 Å². The van der Waals surface area contributed by atoms with Crippen LogP contribution < -0.4 is 16.0 Å². The molecule has 0 aromatic heterocycles. The summed E-state index contributed by atoms with van der Waals surface area (Å²) in [6.07, 6.45) is 0.951. The molecule has 2 amide bonds. The van der Waals surface area contributed by atoms with Crippen molar-refractivity contribution >= 4 is 31.7 Å². The summed E-state index contributed by atoms with van der Waals surface area (Å²) < 4.78 is 45.0. The number of nitrogens with two attached hydrogens (primary N) is 1. The van der Waals surface area contributed by atoms with Crippen LogP contribution in [0.3, 0.4) is 0 Å². The molecule has 144 valence electrons. The molecule has 26 heavy (non-hydrogen) atoms. The Kier molecular flexibility index (Phi) is 6.37. The van der Waals surface area contributed by atoms with Crippen molar-refractivity contribution in [2.24, 2.45) is 11.1 Å². The van der Waals surface area contributed by atoms with Gasteiger partial charge in [0.15, 0.2) is 9.84 Å². The molecular formula is C15H21N3O6S2. The second-order valence-electron chi connectivity index (χ2n) is 6.26. The zero-order chi connectivity index (χ0) is 19.4. The third-order valence-electron chi connectivity index (χ3n) is 4.03. The zero-order valence-corrected chi connectivity index (χ0v) is 15.6. The highest BCUT2D eigenvalue weighted by Gasteiger charge is 2.29. The molecule has 1 saturated heterocycles. The van der Waals surface area contributed by atoms with Crippen LogP contribution in [0.25, 0.3) is 0 Å². The van der Waals surface area contributed by atoms with E-state index in [0.717, 1.165) is 5.56 Å². The van der Waals surface area contributed by atoms with Crippen molar-refractivity contribution in [3.63, 3.8) is 0 Å². The average molecular weight is 403 g/mol. The van der Waals surface area contributed by atoms with Gasteiger partial charge in [-0.15, -0.1) is 0 Å². The number of sulfonamides is 1. The van der Waals surface area contributed by atoms with Crippen LogP contribution in [0.2, 0.25) is 0 Å². The molecular weight excluding hydrogens is 382 g/mol. The Morgan fingerprint density at radius 2 is 1.73 bits per heavy atom. The molecule has 1 aromatic rings. The quantitative estimate of drug-likeness (QED) is 0.531. The standard InChI is InChI=1S/C15H21N3O6S2/c16-26(23,24)13-4-1-11(2-5-13)3-6-14(19)17-18-15(20)9-12-7-8-25(21,22)10-12/h1-2,4-5,12H,3,6-10H2,(H,17,19)(H,18,20)(H2,16,23,24). The average Bonchev–Trinajstić information content (AvgIpc) is 2.89. The number of primary sulfonamides is 1. The van der Waals surface area contributed by atoms with E-state index >= 15 is 0 Å². The van der Waals surface area contributed by atoms with Crippen LogP contribution in [-0.2, 0) is 35.9 Å². The van der Waals surface area contributed by atoms with E-state index < -0.39 is 31.7 Å². The van der Waals surface area contributed by atoms with E-state index in [9.17, 15) is 26.4 Å². The minimum absolute atomic E-state index is 0.00286. The Morgan fingerprint density at radius 1 is 1.12 bits per heavy atom. The summed E-state index contributed by atoms with van der Waals surface area (Å²) in [7, 11) is -6.79. The highest BCUT2D eigenvalue weighted by atomic mass is 32.2. The number of carbonyl (C=O) groups excluding carboxylic acids is 2. The number of aryl methyl sites for hydroxylation is 1. The molecule has 1 aliphatic heterocycles. The first kappa shape index (κ1) is 20.3. The first-order valence-corrected chi connectivity index (χ1v) is 11.3. The Bertz CT molecular complexity index is 878. The van der Waals surface area contributed by atoms with Crippen molar-refractivity contribution in [2.75, 3.05) is 11.5 Å². The van der Waals surface area contributed by atoms with Gasteiger partial charge in [0.1, 0.15) is 0 Å². The Labute approximate surface area is 152 Å². The van der Waals surface area contributed by atoms with Gasteiger partial charge in [0.05, 0.1) is 16.4 Å². The van der Waals surface area contributed by atoms with Gasteiger partial charge in [-0.2, -0.15) is 0 Å². The van der Waals surface area contributed by atoms with Crippen molar-refractivity contribution < 1.29 is 26.4 Å². The molecule has 0 saturated carbocycles. The minimum atomic E-state index is -3.75. The maximum atomic E-state index is 11.7. The van der Waals surface area contributed by atoms with Crippen LogP contribution in [0, 0.1) is 5.92 Å². The van der Waals surface area contributed by atoms with Crippen LogP contribution in [0.5, 0.6) is 0 Å². The number of hydrogen-bond acceptors (Lipinski definition) is 6. The lowest BCUT2D eigenvalue weighted by Gasteiger charge is -2.10. The lowest BCUT2D eigenvalue weighted by atomic mass is 10.1. The number of amides is 2. The van der Waals surface area contributed by atoms with Gasteiger partial charge >= 0.3 is 0 Å². The topological polar surface area (TPSA) is 152 Å². The van der Waals surface area contributed by atoms with E-state index in [2.05, 4.69) is 10.9 Å². The monoisotopic (exact) mass is 403 g/mol. The number of hydrazine groups is 1. The van der Waals surface area contributed by atoms with Crippen LogP contribution in [-0.4, -0.2) is 40.2 Å². The Balaban J connectivity index is 1.71. The maximum absolute atomic E-state index is 11.7. The lowest BCUT2D eigenvalue weighted by Crippen LogP contribution is -2.42. The molecule has 9 nitrogen and oxygen atoms in total. The molecule has 0 radical (unpaired) electrons. The van der Waals surface area contributed by atoms with Crippen molar-refractivity contribution in [3.05, 3.63) is 29.8 Å². The SMILES string of the molecule is NS(=O)(=O)c1ccc(CCC(=O)NNC(=O)CC2CCS(=O)(=O)C2)cc1. The first-order valence-electron chi connectivity index (χ1n) is 7.95. The molecule has 1 atom stereocenters. The highest BCUT2D eigenvalue weighted by Crippen LogP contribution is 2.21. The van der Waals surface area contributed by atoms with Crippen molar-refractivity contribution in [1.82, 2.24) is 10.9 Å². The van der Waals surface area contributed by atoms with Crippen LogP contribution in [0.1, 0.15) is 24.8 Å². The normalized spacial score (nSPS) is 19.0. The van der Waals surface area contributed by atoms with Gasteiger partial charge in [0.2, 0.25) is 21.8 Å². The van der Waals surface area contributed by atoms with Crippen molar-refractivity contribution in [3.8, 4) is 0 Å².